The summed E-state index contributed by atoms with van der Waals surface area (Å²) in [5.74, 6) is -0.436. The molecule has 1 aromatic carbocycles. The molecule has 140 valence electrons. The standard InChI is InChI=1S/C19H21N5O3/c25-19(17-7-3-4-10-20-17)22-21-14-15-13-16(24(26)27)8-9-18(15)23-11-5-1-2-6-12-23/h3-4,7-10,13-14H,1-2,5-6,11-12H2,(H,22,25). The fraction of sp³-hybridized carbons (Fsp3) is 0.316. The van der Waals surface area contributed by atoms with Crippen LogP contribution in [0.15, 0.2) is 47.7 Å². The number of pyridine rings is 1. The van der Waals surface area contributed by atoms with Gasteiger partial charge in [0.15, 0.2) is 0 Å². The van der Waals surface area contributed by atoms with Crippen molar-refractivity contribution in [3.05, 3.63) is 64.0 Å². The number of rotatable bonds is 5. The minimum Gasteiger partial charge on any atom is -0.371 e. The smallest absolute Gasteiger partial charge is 0.289 e. The van der Waals surface area contributed by atoms with Gasteiger partial charge in [-0.1, -0.05) is 18.9 Å². The molecule has 1 aromatic heterocycles. The lowest BCUT2D eigenvalue weighted by molar-refractivity contribution is -0.384. The summed E-state index contributed by atoms with van der Waals surface area (Å²) >= 11 is 0. The first-order chi connectivity index (χ1) is 13.1. The first-order valence-corrected chi connectivity index (χ1v) is 8.93. The summed E-state index contributed by atoms with van der Waals surface area (Å²) in [7, 11) is 0. The molecule has 0 bridgehead atoms. The van der Waals surface area contributed by atoms with Crippen molar-refractivity contribution in [2.45, 2.75) is 25.7 Å². The molecule has 0 radical (unpaired) electrons. The largest absolute Gasteiger partial charge is 0.371 e. The molecule has 1 amide bonds. The molecule has 0 unspecified atom stereocenters. The quantitative estimate of drug-likeness (QED) is 0.497. The molecule has 2 aromatic rings. The maximum atomic E-state index is 12.0. The summed E-state index contributed by atoms with van der Waals surface area (Å²) in [6.45, 7) is 1.80. The lowest BCUT2D eigenvalue weighted by Gasteiger charge is -2.24. The van der Waals surface area contributed by atoms with Gasteiger partial charge in [0.2, 0.25) is 0 Å². The lowest BCUT2D eigenvalue weighted by atomic mass is 10.1. The second-order valence-corrected chi connectivity index (χ2v) is 6.32. The predicted molar refractivity (Wildman–Crippen MR) is 103 cm³/mol. The Morgan fingerprint density at radius 3 is 2.63 bits per heavy atom. The molecule has 8 nitrogen and oxygen atoms in total. The van der Waals surface area contributed by atoms with Crippen LogP contribution < -0.4 is 10.3 Å². The molecule has 3 rings (SSSR count). The third kappa shape index (κ3) is 4.87. The first-order valence-electron chi connectivity index (χ1n) is 8.93. The highest BCUT2D eigenvalue weighted by atomic mass is 16.6. The van der Waals surface area contributed by atoms with E-state index in [1.165, 1.54) is 37.4 Å². The zero-order chi connectivity index (χ0) is 19.1. The number of hydrogen-bond acceptors (Lipinski definition) is 6. The van der Waals surface area contributed by atoms with Crippen LogP contribution in [0.25, 0.3) is 0 Å². The minimum absolute atomic E-state index is 0.00826. The van der Waals surface area contributed by atoms with Gasteiger partial charge in [-0.3, -0.25) is 19.9 Å². The third-order valence-corrected chi connectivity index (χ3v) is 4.44. The van der Waals surface area contributed by atoms with E-state index < -0.39 is 10.8 Å². The predicted octanol–water partition coefficient (Wildman–Crippen LogP) is 3.13. The summed E-state index contributed by atoms with van der Waals surface area (Å²) in [6, 6.07) is 9.76. The number of carbonyl (C=O) groups excluding carboxylic acids is 1. The second kappa shape index (κ2) is 8.88. The first kappa shape index (κ1) is 18.5. The summed E-state index contributed by atoms with van der Waals surface area (Å²) < 4.78 is 0. The average molecular weight is 367 g/mol. The van der Waals surface area contributed by atoms with Gasteiger partial charge < -0.3 is 4.90 Å². The van der Waals surface area contributed by atoms with Crippen LogP contribution in [0, 0.1) is 10.1 Å². The molecule has 0 saturated carbocycles. The molecule has 1 aliphatic heterocycles. The number of nitro groups is 1. The molecule has 2 heterocycles. The fourth-order valence-corrected chi connectivity index (χ4v) is 3.07. The number of aromatic nitrogens is 1. The van der Waals surface area contributed by atoms with Gasteiger partial charge in [-0.05, 0) is 31.0 Å². The average Bonchev–Trinajstić information content (AvgIpc) is 2.98. The Labute approximate surface area is 157 Å². The molecule has 1 saturated heterocycles. The molecule has 0 atom stereocenters. The van der Waals surface area contributed by atoms with Crippen molar-refractivity contribution in [1.29, 1.82) is 0 Å². The SMILES string of the molecule is O=C(NN=Cc1cc([N+](=O)[O-])ccc1N1CCCCCC1)c1ccccn1. The molecule has 1 aliphatic rings. The number of nitrogens with zero attached hydrogens (tertiary/aromatic N) is 4. The van der Waals surface area contributed by atoms with Crippen molar-refractivity contribution in [2.24, 2.45) is 5.10 Å². The highest BCUT2D eigenvalue weighted by Crippen LogP contribution is 2.26. The summed E-state index contributed by atoms with van der Waals surface area (Å²) in [5.41, 5.74) is 4.15. The number of amides is 1. The van der Waals surface area contributed by atoms with Gasteiger partial charge >= 0.3 is 0 Å². The van der Waals surface area contributed by atoms with Crippen molar-refractivity contribution in [1.82, 2.24) is 10.4 Å². The van der Waals surface area contributed by atoms with Gasteiger partial charge in [0.1, 0.15) is 5.69 Å². The Hall–Kier alpha value is -3.29. The number of nitrogens with one attached hydrogen (secondary N) is 1. The molecule has 0 spiro atoms. The number of carbonyl (C=O) groups is 1. The van der Waals surface area contributed by atoms with Crippen molar-refractivity contribution < 1.29 is 9.72 Å². The molecular weight excluding hydrogens is 346 g/mol. The normalized spacial score (nSPS) is 14.7. The Morgan fingerprint density at radius 2 is 1.96 bits per heavy atom. The van der Waals surface area contributed by atoms with Crippen LogP contribution in [0.4, 0.5) is 11.4 Å². The zero-order valence-electron chi connectivity index (χ0n) is 14.9. The van der Waals surface area contributed by atoms with Crippen LogP contribution in [0.1, 0.15) is 41.7 Å². The lowest BCUT2D eigenvalue weighted by Crippen LogP contribution is -2.25. The van der Waals surface area contributed by atoms with Gasteiger partial charge in [-0.15, -0.1) is 0 Å². The van der Waals surface area contributed by atoms with Crippen LogP contribution in [-0.2, 0) is 0 Å². The van der Waals surface area contributed by atoms with Crippen LogP contribution >= 0.6 is 0 Å². The van der Waals surface area contributed by atoms with E-state index in [-0.39, 0.29) is 11.4 Å². The second-order valence-electron chi connectivity index (χ2n) is 6.32. The van der Waals surface area contributed by atoms with Crippen LogP contribution in [0.5, 0.6) is 0 Å². The Kier molecular flexibility index (Phi) is 6.09. The highest BCUT2D eigenvalue weighted by Gasteiger charge is 2.16. The molecule has 27 heavy (non-hydrogen) atoms. The van der Waals surface area contributed by atoms with E-state index in [1.807, 2.05) is 0 Å². The van der Waals surface area contributed by atoms with Gasteiger partial charge in [0.25, 0.3) is 11.6 Å². The van der Waals surface area contributed by atoms with Crippen LogP contribution in [0.3, 0.4) is 0 Å². The van der Waals surface area contributed by atoms with Gasteiger partial charge in [0, 0.05) is 42.7 Å². The van der Waals surface area contributed by atoms with E-state index in [1.54, 1.807) is 24.3 Å². The van der Waals surface area contributed by atoms with E-state index in [4.69, 9.17) is 0 Å². The summed E-state index contributed by atoms with van der Waals surface area (Å²) in [5, 5.41) is 15.1. The van der Waals surface area contributed by atoms with E-state index in [0.29, 0.717) is 5.56 Å². The Bertz CT molecular complexity index is 830. The molecule has 0 aliphatic carbocycles. The maximum Gasteiger partial charge on any atom is 0.289 e. The molecule has 1 N–H and O–H groups in total. The number of anilines is 1. The third-order valence-electron chi connectivity index (χ3n) is 4.44. The monoisotopic (exact) mass is 367 g/mol. The van der Waals surface area contributed by atoms with E-state index >= 15 is 0 Å². The van der Waals surface area contributed by atoms with Gasteiger partial charge in [-0.2, -0.15) is 5.10 Å². The van der Waals surface area contributed by atoms with Crippen molar-refractivity contribution in [2.75, 3.05) is 18.0 Å². The van der Waals surface area contributed by atoms with Crippen molar-refractivity contribution >= 4 is 23.5 Å². The highest BCUT2D eigenvalue weighted by molar-refractivity contribution is 5.94. The molecular formula is C19H21N5O3. The van der Waals surface area contributed by atoms with E-state index in [9.17, 15) is 14.9 Å². The van der Waals surface area contributed by atoms with E-state index in [2.05, 4.69) is 20.4 Å². The molecule has 1 fully saturated rings. The van der Waals surface area contributed by atoms with Crippen LogP contribution in [-0.4, -0.2) is 35.1 Å². The number of non-ortho nitro benzene ring substituents is 1. The topological polar surface area (TPSA) is 101 Å². The summed E-state index contributed by atoms with van der Waals surface area (Å²) in [6.07, 6.45) is 7.53. The van der Waals surface area contributed by atoms with Crippen LogP contribution in [0.2, 0.25) is 0 Å². The van der Waals surface area contributed by atoms with Gasteiger partial charge in [0.05, 0.1) is 11.1 Å². The summed E-state index contributed by atoms with van der Waals surface area (Å²) in [4.78, 5) is 28.9. The fourth-order valence-electron chi connectivity index (χ4n) is 3.07. The van der Waals surface area contributed by atoms with E-state index in [0.717, 1.165) is 31.6 Å². The van der Waals surface area contributed by atoms with Gasteiger partial charge in [-0.25, -0.2) is 5.43 Å². The van der Waals surface area contributed by atoms with Crippen molar-refractivity contribution in [3.8, 4) is 0 Å². The number of hydrazone groups is 1. The Balaban J connectivity index is 1.81. The minimum atomic E-state index is -0.436. The number of benzene rings is 1. The zero-order valence-corrected chi connectivity index (χ0v) is 14.9. The Morgan fingerprint density at radius 1 is 1.19 bits per heavy atom. The number of hydrogen-bond donors (Lipinski definition) is 1. The number of nitro benzene ring substituents is 1. The molecule has 8 heteroatoms. The van der Waals surface area contributed by atoms with Crippen molar-refractivity contribution in [3.63, 3.8) is 0 Å². The maximum absolute atomic E-state index is 12.0.